The summed E-state index contributed by atoms with van der Waals surface area (Å²) in [6.07, 6.45) is 0. The van der Waals surface area contributed by atoms with E-state index in [9.17, 15) is 0 Å². The molecule has 0 atom stereocenters. The van der Waals surface area contributed by atoms with E-state index in [4.69, 9.17) is 4.42 Å². The summed E-state index contributed by atoms with van der Waals surface area (Å²) >= 11 is 4.97. The molecule has 106 valence electrons. The number of hydrogen-bond acceptors (Lipinski definition) is 4. The molecular weight excluding hydrogens is 348 g/mol. The van der Waals surface area contributed by atoms with Crippen molar-refractivity contribution < 1.29 is 4.42 Å². The molecule has 3 aromatic rings. The van der Waals surface area contributed by atoms with E-state index in [0.29, 0.717) is 11.1 Å². The number of aromatic nitrogens is 2. The van der Waals surface area contributed by atoms with Gasteiger partial charge in [0.25, 0.3) is 5.22 Å². The fourth-order valence-electron chi connectivity index (χ4n) is 1.92. The standard InChI is InChI=1S/C16H13BrN2OS/c1-11-4-2-3-5-14(11)15-18-19-16(20-15)21-10-12-6-8-13(17)9-7-12/h2-9H,10H2,1H3. The fourth-order valence-corrected chi connectivity index (χ4v) is 2.90. The van der Waals surface area contributed by atoms with Crippen LogP contribution in [0.25, 0.3) is 11.5 Å². The molecule has 1 heterocycles. The number of hydrogen-bond donors (Lipinski definition) is 0. The normalized spacial score (nSPS) is 10.8. The molecule has 0 saturated carbocycles. The predicted octanol–water partition coefficient (Wildman–Crippen LogP) is 5.10. The van der Waals surface area contributed by atoms with Gasteiger partial charge in [-0.2, -0.15) is 0 Å². The topological polar surface area (TPSA) is 38.9 Å². The molecule has 1 aromatic heterocycles. The van der Waals surface area contributed by atoms with Crippen molar-refractivity contribution in [3.63, 3.8) is 0 Å². The maximum absolute atomic E-state index is 5.73. The highest BCUT2D eigenvalue weighted by Crippen LogP contribution is 2.27. The molecule has 0 amide bonds. The van der Waals surface area contributed by atoms with Crippen molar-refractivity contribution in [3.8, 4) is 11.5 Å². The first-order chi connectivity index (χ1) is 10.2. The Bertz CT molecular complexity index is 740. The van der Waals surface area contributed by atoms with Crippen LogP contribution in [0.3, 0.4) is 0 Å². The molecule has 0 aliphatic carbocycles. The first kappa shape index (κ1) is 14.4. The van der Waals surface area contributed by atoms with Crippen molar-refractivity contribution in [3.05, 3.63) is 64.1 Å². The van der Waals surface area contributed by atoms with E-state index in [1.807, 2.05) is 43.3 Å². The van der Waals surface area contributed by atoms with Crippen LogP contribution in [0.15, 0.2) is 62.6 Å². The van der Waals surface area contributed by atoms with Crippen LogP contribution in [0, 0.1) is 6.92 Å². The van der Waals surface area contributed by atoms with Gasteiger partial charge in [-0.25, -0.2) is 0 Å². The lowest BCUT2D eigenvalue weighted by molar-refractivity contribution is 0.465. The van der Waals surface area contributed by atoms with Gasteiger partial charge in [0.1, 0.15) is 0 Å². The summed E-state index contributed by atoms with van der Waals surface area (Å²) in [5.41, 5.74) is 3.34. The maximum atomic E-state index is 5.73. The van der Waals surface area contributed by atoms with E-state index in [0.717, 1.165) is 21.4 Å². The summed E-state index contributed by atoms with van der Waals surface area (Å²) in [5.74, 6) is 1.38. The van der Waals surface area contributed by atoms with E-state index < -0.39 is 0 Å². The zero-order chi connectivity index (χ0) is 14.7. The van der Waals surface area contributed by atoms with Crippen LogP contribution in [0.2, 0.25) is 0 Å². The maximum Gasteiger partial charge on any atom is 0.277 e. The molecule has 0 bridgehead atoms. The lowest BCUT2D eigenvalue weighted by Crippen LogP contribution is -1.81. The monoisotopic (exact) mass is 360 g/mol. The lowest BCUT2D eigenvalue weighted by Gasteiger charge is -1.99. The fraction of sp³-hybridized carbons (Fsp3) is 0.125. The third-order valence-electron chi connectivity index (χ3n) is 3.06. The molecule has 0 spiro atoms. The molecule has 0 aliphatic heterocycles. The Morgan fingerprint density at radius 1 is 1.05 bits per heavy atom. The van der Waals surface area contributed by atoms with Crippen molar-refractivity contribution in [2.24, 2.45) is 0 Å². The van der Waals surface area contributed by atoms with E-state index in [2.05, 4.69) is 38.3 Å². The molecule has 3 nitrogen and oxygen atoms in total. The second-order valence-electron chi connectivity index (χ2n) is 4.60. The highest BCUT2D eigenvalue weighted by molar-refractivity contribution is 9.10. The zero-order valence-electron chi connectivity index (χ0n) is 11.4. The van der Waals surface area contributed by atoms with Crippen LogP contribution in [-0.2, 0) is 5.75 Å². The first-order valence-electron chi connectivity index (χ1n) is 6.49. The van der Waals surface area contributed by atoms with E-state index >= 15 is 0 Å². The number of rotatable bonds is 4. The van der Waals surface area contributed by atoms with E-state index in [1.165, 1.54) is 5.56 Å². The molecule has 5 heteroatoms. The zero-order valence-corrected chi connectivity index (χ0v) is 13.8. The van der Waals surface area contributed by atoms with Crippen LogP contribution in [0.4, 0.5) is 0 Å². The molecule has 0 saturated heterocycles. The van der Waals surface area contributed by atoms with Crippen molar-refractivity contribution in [1.82, 2.24) is 10.2 Å². The first-order valence-corrected chi connectivity index (χ1v) is 8.27. The Kier molecular flexibility index (Phi) is 4.41. The van der Waals surface area contributed by atoms with Gasteiger partial charge in [-0.05, 0) is 36.2 Å². The van der Waals surface area contributed by atoms with Gasteiger partial charge >= 0.3 is 0 Å². The van der Waals surface area contributed by atoms with Crippen LogP contribution in [0.1, 0.15) is 11.1 Å². The highest BCUT2D eigenvalue weighted by atomic mass is 79.9. The predicted molar refractivity (Wildman–Crippen MR) is 88.2 cm³/mol. The van der Waals surface area contributed by atoms with Crippen LogP contribution in [-0.4, -0.2) is 10.2 Å². The quantitative estimate of drug-likeness (QED) is 0.606. The van der Waals surface area contributed by atoms with Gasteiger partial charge in [0, 0.05) is 15.8 Å². The van der Waals surface area contributed by atoms with Gasteiger partial charge in [0.2, 0.25) is 5.89 Å². The summed E-state index contributed by atoms with van der Waals surface area (Å²) in [4.78, 5) is 0. The molecule has 2 aromatic carbocycles. The Hall–Kier alpha value is -1.59. The average Bonchev–Trinajstić information content (AvgIpc) is 2.96. The lowest BCUT2D eigenvalue weighted by atomic mass is 10.1. The summed E-state index contributed by atoms with van der Waals surface area (Å²) in [6.45, 7) is 2.04. The number of aryl methyl sites for hydroxylation is 1. The van der Waals surface area contributed by atoms with Gasteiger partial charge in [-0.1, -0.05) is 58.0 Å². The SMILES string of the molecule is Cc1ccccc1-c1nnc(SCc2ccc(Br)cc2)o1. The van der Waals surface area contributed by atoms with Crippen molar-refractivity contribution in [2.45, 2.75) is 17.9 Å². The smallest absolute Gasteiger partial charge is 0.277 e. The molecule has 0 radical (unpaired) electrons. The molecule has 0 N–H and O–H groups in total. The number of nitrogens with zero attached hydrogens (tertiary/aromatic N) is 2. The van der Waals surface area contributed by atoms with Gasteiger partial charge in [-0.15, -0.1) is 10.2 Å². The van der Waals surface area contributed by atoms with Gasteiger partial charge < -0.3 is 4.42 Å². The summed E-state index contributed by atoms with van der Waals surface area (Å²) < 4.78 is 6.81. The van der Waals surface area contributed by atoms with Gasteiger partial charge in [0.15, 0.2) is 0 Å². The van der Waals surface area contributed by atoms with Crippen LogP contribution >= 0.6 is 27.7 Å². The second-order valence-corrected chi connectivity index (χ2v) is 6.45. The van der Waals surface area contributed by atoms with Crippen LogP contribution < -0.4 is 0 Å². The summed E-state index contributed by atoms with van der Waals surface area (Å²) in [5, 5.41) is 8.83. The van der Waals surface area contributed by atoms with Gasteiger partial charge in [0.05, 0.1) is 0 Å². The third kappa shape index (κ3) is 3.54. The average molecular weight is 361 g/mol. The molecule has 0 fully saturated rings. The second kappa shape index (κ2) is 6.45. The Morgan fingerprint density at radius 2 is 1.81 bits per heavy atom. The molecular formula is C16H13BrN2OS. The summed E-state index contributed by atoms with van der Waals surface area (Å²) in [7, 11) is 0. The minimum Gasteiger partial charge on any atom is -0.411 e. The number of benzene rings is 2. The highest BCUT2D eigenvalue weighted by Gasteiger charge is 2.10. The number of thioether (sulfide) groups is 1. The Labute approximate surface area is 135 Å². The molecule has 3 rings (SSSR count). The van der Waals surface area contributed by atoms with Crippen molar-refractivity contribution in [2.75, 3.05) is 0 Å². The Balaban J connectivity index is 1.71. The van der Waals surface area contributed by atoms with E-state index in [-0.39, 0.29) is 0 Å². The molecule has 21 heavy (non-hydrogen) atoms. The molecule has 0 aliphatic rings. The van der Waals surface area contributed by atoms with Crippen molar-refractivity contribution >= 4 is 27.7 Å². The van der Waals surface area contributed by atoms with Crippen molar-refractivity contribution in [1.29, 1.82) is 0 Å². The third-order valence-corrected chi connectivity index (χ3v) is 4.48. The van der Waals surface area contributed by atoms with Crippen LogP contribution in [0.5, 0.6) is 0 Å². The van der Waals surface area contributed by atoms with E-state index in [1.54, 1.807) is 11.8 Å². The summed E-state index contributed by atoms with van der Waals surface area (Å²) in [6, 6.07) is 16.2. The minimum absolute atomic E-state index is 0.575. The number of halogens is 1. The largest absolute Gasteiger partial charge is 0.411 e. The van der Waals surface area contributed by atoms with Gasteiger partial charge in [-0.3, -0.25) is 0 Å². The Morgan fingerprint density at radius 3 is 2.57 bits per heavy atom. The minimum atomic E-state index is 0.575. The molecule has 0 unspecified atom stereocenters.